The van der Waals surface area contributed by atoms with Gasteiger partial charge >= 0.3 is 0 Å². The molecular weight excluding hydrogens is 580 g/mol. The van der Waals surface area contributed by atoms with Gasteiger partial charge in [-0.05, 0) is 62.9 Å². The van der Waals surface area contributed by atoms with E-state index in [1.165, 1.54) is 0 Å². The van der Waals surface area contributed by atoms with E-state index in [1.807, 2.05) is 56.9 Å². The third kappa shape index (κ3) is 6.14. The fraction of sp³-hybridized carbons (Fsp3) is 0.364. The van der Waals surface area contributed by atoms with Crippen molar-refractivity contribution >= 4 is 21.8 Å². The van der Waals surface area contributed by atoms with Crippen LogP contribution in [-0.2, 0) is 28.0 Å². The summed E-state index contributed by atoms with van der Waals surface area (Å²) in [7, 11) is -2.47. The van der Waals surface area contributed by atoms with Gasteiger partial charge in [0, 0.05) is 41.4 Å². The summed E-state index contributed by atoms with van der Waals surface area (Å²) < 4.78 is 46.9. The Labute approximate surface area is 258 Å². The molecule has 1 fully saturated rings. The van der Waals surface area contributed by atoms with Crippen LogP contribution in [0.2, 0.25) is 0 Å². The first-order valence-corrected chi connectivity index (χ1v) is 15.9. The second kappa shape index (κ2) is 12.0. The van der Waals surface area contributed by atoms with Gasteiger partial charge in [-0.1, -0.05) is 49.3 Å². The molecule has 0 saturated carbocycles. The van der Waals surface area contributed by atoms with E-state index in [2.05, 4.69) is 14.9 Å². The quantitative estimate of drug-likeness (QED) is 0.226. The minimum absolute atomic E-state index is 0.0660. The van der Waals surface area contributed by atoms with Crippen LogP contribution in [0.25, 0.3) is 11.1 Å². The summed E-state index contributed by atoms with van der Waals surface area (Å²) in [6.07, 6.45) is 0.745. The van der Waals surface area contributed by atoms with Crippen LogP contribution in [0.4, 0.5) is 5.88 Å². The smallest absolute Gasteiger partial charge is 0.264 e. The van der Waals surface area contributed by atoms with Crippen LogP contribution < -0.4 is 14.2 Å². The molecule has 2 aromatic heterocycles. The number of hydrogen-bond donors (Lipinski definition) is 1. The third-order valence-electron chi connectivity index (χ3n) is 8.09. The Bertz CT molecular complexity index is 1830. The van der Waals surface area contributed by atoms with Gasteiger partial charge in [0.25, 0.3) is 10.0 Å². The van der Waals surface area contributed by atoms with Gasteiger partial charge in [-0.3, -0.25) is 9.78 Å². The first-order valence-electron chi connectivity index (χ1n) is 14.4. The maximum atomic E-state index is 13.7. The maximum absolute atomic E-state index is 13.7. The third-order valence-corrected chi connectivity index (χ3v) is 9.48. The number of nitrogens with one attached hydrogen (secondary N) is 1. The molecule has 1 N–H and O–H groups in total. The molecule has 11 heteroatoms. The van der Waals surface area contributed by atoms with Gasteiger partial charge in [-0.15, -0.1) is 0 Å². The number of ether oxygens (including phenoxy) is 2. The van der Waals surface area contributed by atoms with Gasteiger partial charge in [0.2, 0.25) is 11.8 Å². The van der Waals surface area contributed by atoms with Gasteiger partial charge in [-0.2, -0.15) is 0 Å². The fourth-order valence-corrected chi connectivity index (χ4v) is 6.72. The standard InChI is InChI=1S/C33H38N4O6S/c1-20-16-28(30(41-7)23(4)34-20)42-19-24-12-13-26(25(17-24)18-37-15-14-33(5,6)32(37)38)27-10-8-9-11-29(27)44(39,40)36-31-21(2)22(3)35-43-31/h8-13,16-17,36H,14-15,18-19H2,1-7H3. The molecule has 0 bridgehead atoms. The molecule has 0 aliphatic carbocycles. The second-order valence-electron chi connectivity index (χ2n) is 11.8. The molecule has 0 atom stereocenters. The molecule has 0 unspecified atom stereocenters. The molecule has 3 heterocycles. The van der Waals surface area contributed by atoms with E-state index in [1.54, 1.807) is 45.2 Å². The van der Waals surface area contributed by atoms with E-state index in [0.29, 0.717) is 47.0 Å². The molecular formula is C33H38N4O6S. The van der Waals surface area contributed by atoms with Crippen molar-refractivity contribution in [2.75, 3.05) is 18.4 Å². The number of pyridine rings is 1. The highest BCUT2D eigenvalue weighted by Crippen LogP contribution is 2.37. The number of sulfonamides is 1. The molecule has 232 valence electrons. The molecule has 44 heavy (non-hydrogen) atoms. The van der Waals surface area contributed by atoms with E-state index in [9.17, 15) is 13.2 Å². The number of carbonyl (C=O) groups is 1. The number of benzene rings is 2. The van der Waals surface area contributed by atoms with Gasteiger partial charge < -0.3 is 18.9 Å². The normalized spacial score (nSPS) is 14.6. The number of anilines is 1. The molecule has 2 aromatic carbocycles. The minimum Gasteiger partial charge on any atom is -0.491 e. The molecule has 5 rings (SSSR count). The number of aromatic nitrogens is 2. The zero-order chi connectivity index (χ0) is 31.8. The number of likely N-dealkylation sites (tertiary alicyclic amines) is 1. The molecule has 1 amide bonds. The van der Waals surface area contributed by atoms with Gasteiger partial charge in [0.05, 0.1) is 23.4 Å². The van der Waals surface area contributed by atoms with Crippen molar-refractivity contribution in [3.8, 4) is 22.6 Å². The SMILES string of the molecule is COc1c(OCc2ccc(-c3ccccc3S(=O)(=O)Nc3onc(C)c3C)c(CN3CCC(C)(C)C3=O)c2)cc(C)nc1C. The molecule has 1 aliphatic heterocycles. The predicted octanol–water partition coefficient (Wildman–Crippen LogP) is 6.12. The number of aryl methyl sites for hydroxylation is 3. The van der Waals surface area contributed by atoms with Gasteiger partial charge in [0.15, 0.2) is 11.5 Å². The van der Waals surface area contributed by atoms with Gasteiger partial charge in [0.1, 0.15) is 6.61 Å². The number of amides is 1. The van der Waals surface area contributed by atoms with Crippen molar-refractivity contribution in [1.82, 2.24) is 15.0 Å². The number of rotatable bonds is 10. The highest BCUT2D eigenvalue weighted by atomic mass is 32.2. The summed E-state index contributed by atoms with van der Waals surface area (Å²) in [5.41, 5.74) is 5.17. The van der Waals surface area contributed by atoms with Gasteiger partial charge in [-0.25, -0.2) is 13.1 Å². The van der Waals surface area contributed by atoms with E-state index >= 15 is 0 Å². The summed E-state index contributed by atoms with van der Waals surface area (Å²) >= 11 is 0. The lowest BCUT2D eigenvalue weighted by Crippen LogP contribution is -2.30. The Balaban J connectivity index is 1.54. The van der Waals surface area contributed by atoms with Crippen LogP contribution >= 0.6 is 0 Å². The monoisotopic (exact) mass is 618 g/mol. The van der Waals surface area contributed by atoms with Crippen LogP contribution in [0.1, 0.15) is 54.0 Å². The van der Waals surface area contributed by atoms with Crippen LogP contribution in [-0.4, -0.2) is 43.0 Å². The zero-order valence-electron chi connectivity index (χ0n) is 26.1. The summed E-state index contributed by atoms with van der Waals surface area (Å²) in [6.45, 7) is 12.3. The van der Waals surface area contributed by atoms with E-state index in [-0.39, 0.29) is 23.3 Å². The summed E-state index contributed by atoms with van der Waals surface area (Å²) in [4.78, 5) is 19.6. The summed E-state index contributed by atoms with van der Waals surface area (Å²) in [6, 6.07) is 14.4. The van der Waals surface area contributed by atoms with Crippen molar-refractivity contribution in [3.05, 3.63) is 82.3 Å². The molecule has 4 aromatic rings. The highest BCUT2D eigenvalue weighted by Gasteiger charge is 2.38. The van der Waals surface area contributed by atoms with Crippen molar-refractivity contribution in [1.29, 1.82) is 0 Å². The lowest BCUT2D eigenvalue weighted by atomic mass is 9.92. The van der Waals surface area contributed by atoms with Crippen molar-refractivity contribution in [2.45, 2.75) is 66.0 Å². The first-order chi connectivity index (χ1) is 20.8. The summed E-state index contributed by atoms with van der Waals surface area (Å²) in [5.74, 6) is 1.30. The average Bonchev–Trinajstić information content (AvgIpc) is 3.42. The molecule has 10 nitrogen and oxygen atoms in total. The first kappa shape index (κ1) is 31.1. The topological polar surface area (TPSA) is 124 Å². The lowest BCUT2D eigenvalue weighted by Gasteiger charge is -2.23. The Morgan fingerprint density at radius 2 is 1.77 bits per heavy atom. The largest absolute Gasteiger partial charge is 0.491 e. The molecule has 1 saturated heterocycles. The summed E-state index contributed by atoms with van der Waals surface area (Å²) in [5, 5.41) is 3.87. The Morgan fingerprint density at radius 1 is 1.02 bits per heavy atom. The minimum atomic E-state index is -4.06. The molecule has 0 spiro atoms. The van der Waals surface area contributed by atoms with Crippen LogP contribution in [0, 0.1) is 33.1 Å². The Morgan fingerprint density at radius 3 is 2.43 bits per heavy atom. The molecule has 0 radical (unpaired) electrons. The average molecular weight is 619 g/mol. The van der Waals surface area contributed by atoms with Crippen molar-refractivity contribution < 1.29 is 27.2 Å². The number of hydrogen-bond acceptors (Lipinski definition) is 8. The number of nitrogens with zero attached hydrogens (tertiary/aromatic N) is 3. The van der Waals surface area contributed by atoms with Crippen molar-refractivity contribution in [3.63, 3.8) is 0 Å². The highest BCUT2D eigenvalue weighted by molar-refractivity contribution is 7.92. The lowest BCUT2D eigenvalue weighted by molar-refractivity contribution is -0.135. The Kier molecular flexibility index (Phi) is 8.44. The second-order valence-corrected chi connectivity index (χ2v) is 13.5. The van der Waals surface area contributed by atoms with Crippen LogP contribution in [0.5, 0.6) is 11.5 Å². The number of carbonyl (C=O) groups excluding carboxylic acids is 1. The number of methoxy groups -OCH3 is 1. The zero-order valence-corrected chi connectivity index (χ0v) is 27.0. The predicted molar refractivity (Wildman–Crippen MR) is 167 cm³/mol. The molecule has 1 aliphatic rings. The van der Waals surface area contributed by atoms with Crippen LogP contribution in [0.3, 0.4) is 0 Å². The Hall–Kier alpha value is -4.38. The van der Waals surface area contributed by atoms with E-state index in [0.717, 1.165) is 28.9 Å². The van der Waals surface area contributed by atoms with Crippen molar-refractivity contribution in [2.24, 2.45) is 5.41 Å². The van der Waals surface area contributed by atoms with E-state index in [4.69, 9.17) is 14.0 Å². The van der Waals surface area contributed by atoms with Crippen LogP contribution in [0.15, 0.2) is 57.9 Å². The van der Waals surface area contributed by atoms with E-state index < -0.39 is 15.4 Å². The maximum Gasteiger partial charge on any atom is 0.264 e. The fourth-order valence-electron chi connectivity index (χ4n) is 5.45.